The molecule has 2 aromatic rings. The molecule has 1 atom stereocenters. The predicted octanol–water partition coefficient (Wildman–Crippen LogP) is 5.68. The van der Waals surface area contributed by atoms with Gasteiger partial charge in [0.05, 0.1) is 5.38 Å². The number of hydrogen-bond donors (Lipinski definition) is 0. The van der Waals surface area contributed by atoms with Gasteiger partial charge in [-0.1, -0.05) is 68.4 Å². The molecule has 0 heterocycles. The summed E-state index contributed by atoms with van der Waals surface area (Å²) in [6.07, 6.45) is 1.02. The van der Waals surface area contributed by atoms with E-state index in [1.54, 1.807) is 0 Å². The summed E-state index contributed by atoms with van der Waals surface area (Å²) >= 11 is 6.40. The van der Waals surface area contributed by atoms with Crippen molar-refractivity contribution in [1.29, 1.82) is 0 Å². The predicted molar refractivity (Wildman–Crippen MR) is 79.9 cm³/mol. The molecular formula is C17H19Cl. The maximum Gasteiger partial charge on any atom is 0.0587 e. The smallest absolute Gasteiger partial charge is 0.0587 e. The molecule has 0 N–H and O–H groups in total. The minimum atomic E-state index is 0.120. The van der Waals surface area contributed by atoms with E-state index in [-0.39, 0.29) is 5.38 Å². The van der Waals surface area contributed by atoms with Crippen LogP contribution in [0, 0.1) is 5.92 Å². The summed E-state index contributed by atoms with van der Waals surface area (Å²) in [5, 5.41) is 0.120. The van der Waals surface area contributed by atoms with E-state index in [2.05, 4.69) is 62.4 Å². The highest BCUT2D eigenvalue weighted by atomic mass is 35.5. The molecule has 0 bridgehead atoms. The summed E-state index contributed by atoms with van der Waals surface area (Å²) in [6.45, 7) is 4.40. The Morgan fingerprint density at radius 2 is 1.39 bits per heavy atom. The number of rotatable bonds is 4. The normalized spacial score (nSPS) is 12.7. The molecule has 0 aliphatic heterocycles. The van der Waals surface area contributed by atoms with Crippen LogP contribution in [0.15, 0.2) is 54.6 Å². The molecule has 2 aromatic carbocycles. The number of alkyl halides is 1. The topological polar surface area (TPSA) is 0 Å². The van der Waals surface area contributed by atoms with E-state index >= 15 is 0 Å². The van der Waals surface area contributed by atoms with E-state index in [4.69, 9.17) is 11.6 Å². The minimum Gasteiger partial charge on any atom is -0.118 e. The van der Waals surface area contributed by atoms with Crippen molar-refractivity contribution in [1.82, 2.24) is 0 Å². The third kappa shape index (κ3) is 3.36. The van der Waals surface area contributed by atoms with Crippen LogP contribution in [-0.2, 0) is 0 Å². The van der Waals surface area contributed by atoms with Gasteiger partial charge in [-0.05, 0) is 29.0 Å². The first kappa shape index (κ1) is 13.2. The quantitative estimate of drug-likeness (QED) is 0.619. The Bertz CT molecular complexity index is 471. The van der Waals surface area contributed by atoms with E-state index in [9.17, 15) is 0 Å². The van der Waals surface area contributed by atoms with Crippen molar-refractivity contribution in [2.45, 2.75) is 25.6 Å². The van der Waals surface area contributed by atoms with Gasteiger partial charge in [-0.2, -0.15) is 0 Å². The highest BCUT2D eigenvalue weighted by Gasteiger charge is 2.09. The molecular weight excluding hydrogens is 240 g/mol. The summed E-state index contributed by atoms with van der Waals surface area (Å²) in [5.41, 5.74) is 3.71. The summed E-state index contributed by atoms with van der Waals surface area (Å²) in [4.78, 5) is 0. The molecule has 0 spiro atoms. The minimum absolute atomic E-state index is 0.120. The molecule has 0 aliphatic carbocycles. The molecule has 94 valence electrons. The van der Waals surface area contributed by atoms with Gasteiger partial charge in [-0.25, -0.2) is 0 Å². The Hall–Kier alpha value is -1.27. The van der Waals surface area contributed by atoms with Crippen molar-refractivity contribution < 1.29 is 0 Å². The fourth-order valence-corrected chi connectivity index (χ4v) is 2.57. The second kappa shape index (κ2) is 6.06. The lowest BCUT2D eigenvalue weighted by atomic mass is 9.99. The molecule has 1 heteroatoms. The number of halogens is 1. The molecule has 0 radical (unpaired) electrons. The van der Waals surface area contributed by atoms with Crippen LogP contribution < -0.4 is 0 Å². The zero-order valence-corrected chi connectivity index (χ0v) is 11.7. The molecule has 0 nitrogen and oxygen atoms in total. The zero-order valence-electron chi connectivity index (χ0n) is 10.9. The lowest BCUT2D eigenvalue weighted by molar-refractivity contribution is 0.575. The largest absolute Gasteiger partial charge is 0.118 e. The van der Waals surface area contributed by atoms with Crippen LogP contribution in [0.3, 0.4) is 0 Å². The van der Waals surface area contributed by atoms with Crippen LogP contribution in [0.4, 0.5) is 0 Å². The fraction of sp³-hybridized carbons (Fsp3) is 0.294. The van der Waals surface area contributed by atoms with Crippen molar-refractivity contribution >= 4 is 11.6 Å². The van der Waals surface area contributed by atoms with Gasteiger partial charge in [-0.3, -0.25) is 0 Å². The summed E-state index contributed by atoms with van der Waals surface area (Å²) in [5.74, 6) is 0.626. The first-order valence-corrected chi connectivity index (χ1v) is 6.90. The van der Waals surface area contributed by atoms with Crippen molar-refractivity contribution in [3.05, 3.63) is 60.2 Å². The van der Waals surface area contributed by atoms with Crippen molar-refractivity contribution in [3.8, 4) is 11.1 Å². The van der Waals surface area contributed by atoms with E-state index in [0.717, 1.165) is 6.42 Å². The Balaban J connectivity index is 2.15. The van der Waals surface area contributed by atoms with Crippen molar-refractivity contribution in [3.63, 3.8) is 0 Å². The van der Waals surface area contributed by atoms with Crippen LogP contribution in [0.5, 0.6) is 0 Å². The lowest BCUT2D eigenvalue weighted by Crippen LogP contribution is -1.96. The van der Waals surface area contributed by atoms with E-state index in [0.29, 0.717) is 5.92 Å². The SMILES string of the molecule is CC(C)CC(Cl)c1ccc(-c2ccccc2)cc1. The molecule has 2 rings (SSSR count). The fourth-order valence-electron chi connectivity index (χ4n) is 2.06. The maximum absolute atomic E-state index is 6.40. The average Bonchev–Trinajstić information content (AvgIpc) is 2.39. The lowest BCUT2D eigenvalue weighted by Gasteiger charge is -2.13. The van der Waals surface area contributed by atoms with Gasteiger partial charge in [0, 0.05) is 0 Å². The van der Waals surface area contributed by atoms with Crippen LogP contribution in [-0.4, -0.2) is 0 Å². The number of benzene rings is 2. The molecule has 0 saturated heterocycles. The first-order valence-electron chi connectivity index (χ1n) is 6.46. The summed E-state index contributed by atoms with van der Waals surface area (Å²) in [6, 6.07) is 19.0. The Labute approximate surface area is 115 Å². The van der Waals surface area contributed by atoms with Gasteiger partial charge in [0.1, 0.15) is 0 Å². The van der Waals surface area contributed by atoms with E-state index < -0.39 is 0 Å². The third-order valence-electron chi connectivity index (χ3n) is 3.06. The van der Waals surface area contributed by atoms with Crippen molar-refractivity contribution in [2.75, 3.05) is 0 Å². The van der Waals surface area contributed by atoms with Crippen molar-refractivity contribution in [2.24, 2.45) is 5.92 Å². The highest BCUT2D eigenvalue weighted by molar-refractivity contribution is 6.20. The van der Waals surface area contributed by atoms with Gasteiger partial charge in [0.25, 0.3) is 0 Å². The Kier molecular flexibility index (Phi) is 4.43. The second-order valence-corrected chi connectivity index (χ2v) is 5.61. The van der Waals surface area contributed by atoms with Crippen LogP contribution >= 0.6 is 11.6 Å². The van der Waals surface area contributed by atoms with Gasteiger partial charge >= 0.3 is 0 Å². The van der Waals surface area contributed by atoms with Gasteiger partial charge in [0.2, 0.25) is 0 Å². The number of hydrogen-bond acceptors (Lipinski definition) is 0. The summed E-state index contributed by atoms with van der Waals surface area (Å²) in [7, 11) is 0. The molecule has 0 fully saturated rings. The maximum atomic E-state index is 6.40. The van der Waals surface area contributed by atoms with E-state index in [1.807, 2.05) is 6.07 Å². The summed E-state index contributed by atoms with van der Waals surface area (Å²) < 4.78 is 0. The average molecular weight is 259 g/mol. The first-order chi connectivity index (χ1) is 8.66. The second-order valence-electron chi connectivity index (χ2n) is 5.09. The molecule has 0 saturated carbocycles. The van der Waals surface area contributed by atoms with Crippen LogP contribution in [0.1, 0.15) is 31.2 Å². The monoisotopic (exact) mass is 258 g/mol. The molecule has 0 aliphatic rings. The molecule has 18 heavy (non-hydrogen) atoms. The van der Waals surface area contributed by atoms with E-state index in [1.165, 1.54) is 16.7 Å². The highest BCUT2D eigenvalue weighted by Crippen LogP contribution is 2.29. The zero-order chi connectivity index (χ0) is 13.0. The third-order valence-corrected chi connectivity index (χ3v) is 3.49. The Morgan fingerprint density at radius 3 is 1.94 bits per heavy atom. The Morgan fingerprint density at radius 1 is 0.833 bits per heavy atom. The van der Waals surface area contributed by atoms with Crippen LogP contribution in [0.25, 0.3) is 11.1 Å². The molecule has 0 aromatic heterocycles. The van der Waals surface area contributed by atoms with Gasteiger partial charge in [0.15, 0.2) is 0 Å². The van der Waals surface area contributed by atoms with Gasteiger partial charge in [-0.15, -0.1) is 11.6 Å². The molecule has 0 amide bonds. The van der Waals surface area contributed by atoms with Gasteiger partial charge < -0.3 is 0 Å². The standard InChI is InChI=1S/C17H19Cl/c1-13(2)12-17(18)16-10-8-15(9-11-16)14-6-4-3-5-7-14/h3-11,13,17H,12H2,1-2H3. The molecule has 1 unspecified atom stereocenters. The van der Waals surface area contributed by atoms with Crippen LogP contribution in [0.2, 0.25) is 0 Å².